The Morgan fingerprint density at radius 2 is 2.24 bits per heavy atom. The zero-order chi connectivity index (χ0) is 12.3. The van der Waals surface area contributed by atoms with Crippen LogP contribution in [0.25, 0.3) is 0 Å². The topological polar surface area (TPSA) is 29.3 Å². The molecule has 1 fully saturated rings. The highest BCUT2D eigenvalue weighted by molar-refractivity contribution is 9.10. The summed E-state index contributed by atoms with van der Waals surface area (Å²) in [6.45, 7) is 2.88. The van der Waals surface area contributed by atoms with Gasteiger partial charge in [0.05, 0.1) is 5.02 Å². The predicted octanol–water partition coefficient (Wildman–Crippen LogP) is 3.42. The van der Waals surface area contributed by atoms with Crippen LogP contribution < -0.4 is 5.73 Å². The van der Waals surface area contributed by atoms with Gasteiger partial charge in [-0.05, 0) is 53.0 Å². The molecule has 0 aromatic heterocycles. The van der Waals surface area contributed by atoms with E-state index in [4.69, 9.17) is 17.3 Å². The first kappa shape index (κ1) is 13.3. The van der Waals surface area contributed by atoms with Crippen LogP contribution in [-0.2, 0) is 6.54 Å². The summed E-state index contributed by atoms with van der Waals surface area (Å²) >= 11 is 9.47. The molecule has 1 saturated heterocycles. The van der Waals surface area contributed by atoms with Crippen LogP contribution in [0.1, 0.15) is 24.8 Å². The van der Waals surface area contributed by atoms with Crippen molar-refractivity contribution in [1.29, 1.82) is 0 Å². The van der Waals surface area contributed by atoms with Crippen LogP contribution in [0.15, 0.2) is 22.7 Å². The first-order chi connectivity index (χ1) is 8.20. The molecule has 1 atom stereocenters. The molecular weight excluding hydrogens is 300 g/mol. The van der Waals surface area contributed by atoms with Crippen LogP contribution in [0.2, 0.25) is 5.02 Å². The third-order valence-corrected chi connectivity index (χ3v) is 4.60. The first-order valence-electron chi connectivity index (χ1n) is 6.08. The van der Waals surface area contributed by atoms with Gasteiger partial charge >= 0.3 is 0 Å². The lowest BCUT2D eigenvalue weighted by Crippen LogP contribution is -2.43. The quantitative estimate of drug-likeness (QED) is 0.925. The monoisotopic (exact) mass is 316 g/mol. The van der Waals surface area contributed by atoms with Gasteiger partial charge in [-0.3, -0.25) is 4.90 Å². The number of nitrogens with zero attached hydrogens (tertiary/aromatic N) is 1. The Bertz CT molecular complexity index is 384. The first-order valence-corrected chi connectivity index (χ1v) is 7.26. The molecule has 0 radical (unpaired) electrons. The third kappa shape index (κ3) is 3.44. The average Bonchev–Trinajstić information content (AvgIpc) is 2.34. The van der Waals surface area contributed by atoms with Crippen molar-refractivity contribution < 1.29 is 0 Å². The maximum Gasteiger partial charge on any atom is 0.0548 e. The Morgan fingerprint density at radius 3 is 2.94 bits per heavy atom. The summed E-state index contributed by atoms with van der Waals surface area (Å²) < 4.78 is 0.970. The molecule has 0 aliphatic carbocycles. The normalized spacial score (nSPS) is 21.7. The summed E-state index contributed by atoms with van der Waals surface area (Å²) in [6, 6.07) is 6.68. The van der Waals surface area contributed by atoms with Crippen molar-refractivity contribution in [2.45, 2.75) is 31.8 Å². The van der Waals surface area contributed by atoms with Crippen LogP contribution in [0.5, 0.6) is 0 Å². The van der Waals surface area contributed by atoms with Gasteiger partial charge in [-0.1, -0.05) is 24.1 Å². The van der Waals surface area contributed by atoms with E-state index in [1.165, 1.54) is 24.8 Å². The SMILES string of the molecule is NCC1CCCCN1Cc1ccc(Cl)c(Br)c1. The highest BCUT2D eigenvalue weighted by atomic mass is 79.9. The number of likely N-dealkylation sites (tertiary alicyclic amines) is 1. The Morgan fingerprint density at radius 1 is 1.41 bits per heavy atom. The average molecular weight is 318 g/mol. The van der Waals surface area contributed by atoms with E-state index < -0.39 is 0 Å². The summed E-state index contributed by atoms with van der Waals surface area (Å²) in [7, 11) is 0. The van der Waals surface area contributed by atoms with Gasteiger partial charge in [0.25, 0.3) is 0 Å². The van der Waals surface area contributed by atoms with E-state index >= 15 is 0 Å². The zero-order valence-electron chi connectivity index (χ0n) is 9.83. The van der Waals surface area contributed by atoms with Crippen LogP contribution in [0, 0.1) is 0 Å². The highest BCUT2D eigenvalue weighted by Gasteiger charge is 2.20. The van der Waals surface area contributed by atoms with E-state index in [2.05, 4.69) is 33.0 Å². The Labute approximate surface area is 116 Å². The number of benzene rings is 1. The van der Waals surface area contributed by atoms with Crippen LogP contribution in [-0.4, -0.2) is 24.0 Å². The predicted molar refractivity (Wildman–Crippen MR) is 76.3 cm³/mol. The molecule has 94 valence electrons. The second-order valence-electron chi connectivity index (χ2n) is 4.60. The number of halogens is 2. The molecule has 1 aromatic carbocycles. The minimum Gasteiger partial charge on any atom is -0.329 e. The van der Waals surface area contributed by atoms with E-state index in [9.17, 15) is 0 Å². The fourth-order valence-electron chi connectivity index (χ4n) is 2.41. The molecule has 2 rings (SSSR count). The summed E-state index contributed by atoms with van der Waals surface area (Å²) in [5, 5.41) is 0.766. The largest absolute Gasteiger partial charge is 0.329 e. The molecule has 1 heterocycles. The van der Waals surface area contributed by atoms with E-state index in [1.807, 2.05) is 6.07 Å². The molecule has 0 bridgehead atoms. The standard InChI is InChI=1S/C13H18BrClN2/c14-12-7-10(4-5-13(12)15)9-17-6-2-1-3-11(17)8-16/h4-5,7,11H,1-3,6,8-9,16H2. The molecule has 1 aliphatic heterocycles. The number of rotatable bonds is 3. The van der Waals surface area contributed by atoms with Gasteiger partial charge in [-0.15, -0.1) is 0 Å². The summed E-state index contributed by atoms with van der Waals surface area (Å²) in [5.41, 5.74) is 7.12. The Balaban J connectivity index is 2.05. The van der Waals surface area contributed by atoms with Crippen molar-refractivity contribution >= 4 is 27.5 Å². The fraction of sp³-hybridized carbons (Fsp3) is 0.538. The van der Waals surface area contributed by atoms with Gasteiger partial charge < -0.3 is 5.73 Å². The second kappa shape index (κ2) is 6.19. The molecule has 2 nitrogen and oxygen atoms in total. The lowest BCUT2D eigenvalue weighted by atomic mass is 10.0. The maximum absolute atomic E-state index is 6.00. The van der Waals surface area contributed by atoms with Crippen molar-refractivity contribution in [3.63, 3.8) is 0 Å². The lowest BCUT2D eigenvalue weighted by Gasteiger charge is -2.35. The third-order valence-electron chi connectivity index (χ3n) is 3.39. The van der Waals surface area contributed by atoms with Crippen molar-refractivity contribution in [1.82, 2.24) is 4.90 Å². The van der Waals surface area contributed by atoms with Crippen LogP contribution in [0.3, 0.4) is 0 Å². The highest BCUT2D eigenvalue weighted by Crippen LogP contribution is 2.25. The number of hydrogen-bond acceptors (Lipinski definition) is 2. The molecule has 4 heteroatoms. The van der Waals surface area contributed by atoms with Crippen molar-refractivity contribution in [2.75, 3.05) is 13.1 Å². The number of nitrogens with two attached hydrogens (primary N) is 1. The Kier molecular flexibility index (Phi) is 4.86. The smallest absolute Gasteiger partial charge is 0.0548 e. The minimum absolute atomic E-state index is 0.540. The van der Waals surface area contributed by atoms with Crippen molar-refractivity contribution in [3.05, 3.63) is 33.3 Å². The molecule has 1 unspecified atom stereocenters. The molecule has 0 amide bonds. The van der Waals surface area contributed by atoms with Crippen LogP contribution >= 0.6 is 27.5 Å². The zero-order valence-corrected chi connectivity index (χ0v) is 12.2. The maximum atomic E-state index is 6.00. The number of piperidine rings is 1. The molecule has 0 saturated carbocycles. The van der Waals surface area contributed by atoms with Gasteiger partial charge in [0, 0.05) is 23.6 Å². The lowest BCUT2D eigenvalue weighted by molar-refractivity contribution is 0.145. The molecule has 1 aromatic rings. The summed E-state index contributed by atoms with van der Waals surface area (Å²) in [6.07, 6.45) is 3.82. The Hall–Kier alpha value is -0.0900. The van der Waals surface area contributed by atoms with E-state index in [-0.39, 0.29) is 0 Å². The van der Waals surface area contributed by atoms with Crippen molar-refractivity contribution in [3.8, 4) is 0 Å². The van der Waals surface area contributed by atoms with Gasteiger partial charge in [-0.25, -0.2) is 0 Å². The minimum atomic E-state index is 0.540. The van der Waals surface area contributed by atoms with Gasteiger partial charge in [0.15, 0.2) is 0 Å². The molecular formula is C13H18BrClN2. The second-order valence-corrected chi connectivity index (χ2v) is 5.87. The number of hydrogen-bond donors (Lipinski definition) is 1. The van der Waals surface area contributed by atoms with Gasteiger partial charge in [-0.2, -0.15) is 0 Å². The van der Waals surface area contributed by atoms with Gasteiger partial charge in [0.1, 0.15) is 0 Å². The van der Waals surface area contributed by atoms with E-state index in [1.54, 1.807) is 0 Å². The molecule has 0 spiro atoms. The van der Waals surface area contributed by atoms with E-state index in [0.29, 0.717) is 6.04 Å². The van der Waals surface area contributed by atoms with Crippen molar-refractivity contribution in [2.24, 2.45) is 5.73 Å². The summed E-state index contributed by atoms with van der Waals surface area (Å²) in [5.74, 6) is 0. The van der Waals surface area contributed by atoms with Crippen LogP contribution in [0.4, 0.5) is 0 Å². The molecule has 2 N–H and O–H groups in total. The van der Waals surface area contributed by atoms with Gasteiger partial charge in [0.2, 0.25) is 0 Å². The fourth-order valence-corrected chi connectivity index (χ4v) is 2.95. The molecule has 1 aliphatic rings. The molecule has 17 heavy (non-hydrogen) atoms. The van der Waals surface area contributed by atoms with E-state index in [0.717, 1.165) is 29.1 Å². The summed E-state index contributed by atoms with van der Waals surface area (Å²) in [4.78, 5) is 2.49.